The summed E-state index contributed by atoms with van der Waals surface area (Å²) < 4.78 is 10.1. The summed E-state index contributed by atoms with van der Waals surface area (Å²) in [7, 11) is 1.25. The number of benzene rings is 1. The zero-order valence-corrected chi connectivity index (χ0v) is 13.7. The first-order chi connectivity index (χ1) is 11.5. The van der Waals surface area contributed by atoms with Crippen LogP contribution in [-0.2, 0) is 20.7 Å². The topological polar surface area (TPSA) is 76.1 Å². The van der Waals surface area contributed by atoms with Gasteiger partial charge in [0.1, 0.15) is 5.75 Å². The lowest BCUT2D eigenvalue weighted by Gasteiger charge is -2.35. The van der Waals surface area contributed by atoms with Crippen molar-refractivity contribution in [1.29, 1.82) is 0 Å². The summed E-state index contributed by atoms with van der Waals surface area (Å²) in [6.45, 7) is 1.36. The minimum absolute atomic E-state index is 0.126. The number of methoxy groups -OCH3 is 1. The number of carbonyl (C=O) groups excluding carboxylic acids is 2. The standard InChI is InChI=1S/C18H21NO5/c1-23-17(21)18(22)7-9-19(10-8-18)16(20)5-3-13-2-4-15-14(12-13)6-11-24-15/h2-5,12,22H,6-11H2,1H3. The number of fused-ring (bicyclic) bond motifs is 1. The van der Waals surface area contributed by atoms with Crippen LogP contribution >= 0.6 is 0 Å². The smallest absolute Gasteiger partial charge is 0.337 e. The van der Waals surface area contributed by atoms with Gasteiger partial charge in [0.15, 0.2) is 5.60 Å². The molecule has 0 spiro atoms. The average molecular weight is 331 g/mol. The molecule has 0 aromatic heterocycles. The lowest BCUT2D eigenvalue weighted by Crippen LogP contribution is -2.51. The molecule has 1 N–H and O–H groups in total. The number of piperidine rings is 1. The van der Waals surface area contributed by atoms with Gasteiger partial charge in [-0.2, -0.15) is 0 Å². The highest BCUT2D eigenvalue weighted by Crippen LogP contribution is 2.27. The molecular formula is C18H21NO5. The molecule has 1 fully saturated rings. The summed E-state index contributed by atoms with van der Waals surface area (Å²) in [5, 5.41) is 10.2. The molecule has 0 unspecified atom stereocenters. The van der Waals surface area contributed by atoms with Gasteiger partial charge in [-0.25, -0.2) is 4.79 Å². The summed E-state index contributed by atoms with van der Waals surface area (Å²) in [6.07, 6.45) is 4.58. The fraction of sp³-hybridized carbons (Fsp3) is 0.444. The van der Waals surface area contributed by atoms with E-state index < -0.39 is 11.6 Å². The number of amides is 1. The van der Waals surface area contributed by atoms with Gasteiger partial charge in [0.05, 0.1) is 13.7 Å². The first-order valence-electron chi connectivity index (χ1n) is 8.05. The number of nitrogens with zero attached hydrogens (tertiary/aromatic N) is 1. The number of aliphatic hydroxyl groups is 1. The van der Waals surface area contributed by atoms with Crippen molar-refractivity contribution in [3.05, 3.63) is 35.4 Å². The Labute approximate surface area is 140 Å². The van der Waals surface area contributed by atoms with Gasteiger partial charge >= 0.3 is 5.97 Å². The van der Waals surface area contributed by atoms with Crippen molar-refractivity contribution < 1.29 is 24.2 Å². The van der Waals surface area contributed by atoms with E-state index >= 15 is 0 Å². The van der Waals surface area contributed by atoms with Gasteiger partial charge in [-0.15, -0.1) is 0 Å². The summed E-state index contributed by atoms with van der Waals surface area (Å²) in [5.41, 5.74) is 0.635. The van der Waals surface area contributed by atoms with Gasteiger partial charge in [0.25, 0.3) is 0 Å². The number of ether oxygens (including phenoxy) is 2. The van der Waals surface area contributed by atoms with Crippen molar-refractivity contribution in [2.24, 2.45) is 0 Å². The molecule has 3 rings (SSSR count). The van der Waals surface area contributed by atoms with Crippen LogP contribution in [0.2, 0.25) is 0 Å². The number of carbonyl (C=O) groups is 2. The van der Waals surface area contributed by atoms with E-state index in [2.05, 4.69) is 4.74 Å². The van der Waals surface area contributed by atoms with E-state index in [1.807, 2.05) is 18.2 Å². The zero-order valence-electron chi connectivity index (χ0n) is 13.7. The van der Waals surface area contributed by atoms with Gasteiger partial charge in [0, 0.05) is 38.4 Å². The molecule has 0 radical (unpaired) electrons. The summed E-state index contributed by atoms with van der Waals surface area (Å²) >= 11 is 0. The molecule has 128 valence electrons. The summed E-state index contributed by atoms with van der Waals surface area (Å²) in [4.78, 5) is 25.5. The van der Waals surface area contributed by atoms with Gasteiger partial charge in [-0.1, -0.05) is 6.07 Å². The molecule has 0 saturated carbocycles. The van der Waals surface area contributed by atoms with Gasteiger partial charge in [0.2, 0.25) is 5.91 Å². The molecule has 1 aromatic carbocycles. The molecule has 2 heterocycles. The molecule has 6 nitrogen and oxygen atoms in total. The molecule has 0 bridgehead atoms. The first kappa shape index (κ1) is 16.5. The Bertz CT molecular complexity index is 674. The minimum Gasteiger partial charge on any atom is -0.493 e. The third kappa shape index (κ3) is 3.28. The molecule has 1 saturated heterocycles. The molecule has 1 amide bonds. The molecule has 0 aliphatic carbocycles. The van der Waals surface area contributed by atoms with Crippen molar-refractivity contribution in [2.75, 3.05) is 26.8 Å². The average Bonchev–Trinajstić information content (AvgIpc) is 3.07. The van der Waals surface area contributed by atoms with Crippen LogP contribution in [0.4, 0.5) is 0 Å². The van der Waals surface area contributed by atoms with Gasteiger partial charge in [-0.05, 0) is 29.3 Å². The maximum absolute atomic E-state index is 12.3. The van der Waals surface area contributed by atoms with Crippen LogP contribution < -0.4 is 4.74 Å². The van der Waals surface area contributed by atoms with Crippen LogP contribution in [-0.4, -0.2) is 54.3 Å². The van der Waals surface area contributed by atoms with E-state index in [9.17, 15) is 14.7 Å². The second kappa shape index (κ2) is 6.65. The van der Waals surface area contributed by atoms with E-state index in [-0.39, 0.29) is 18.7 Å². The van der Waals surface area contributed by atoms with Crippen molar-refractivity contribution in [3.63, 3.8) is 0 Å². The van der Waals surface area contributed by atoms with E-state index in [1.165, 1.54) is 13.2 Å². The predicted octanol–water partition coefficient (Wildman–Crippen LogP) is 1.16. The first-order valence-corrected chi connectivity index (χ1v) is 8.05. The third-order valence-corrected chi connectivity index (χ3v) is 4.60. The van der Waals surface area contributed by atoms with E-state index in [0.717, 1.165) is 23.3 Å². The Kier molecular flexibility index (Phi) is 4.57. The lowest BCUT2D eigenvalue weighted by atomic mass is 9.91. The van der Waals surface area contributed by atoms with Crippen molar-refractivity contribution in [3.8, 4) is 5.75 Å². The van der Waals surface area contributed by atoms with Crippen molar-refractivity contribution >= 4 is 18.0 Å². The predicted molar refractivity (Wildman–Crippen MR) is 87.5 cm³/mol. The number of esters is 1. The molecule has 2 aliphatic rings. The van der Waals surface area contributed by atoms with Crippen LogP contribution in [0, 0.1) is 0 Å². The van der Waals surface area contributed by atoms with Crippen LogP contribution in [0.5, 0.6) is 5.75 Å². The lowest BCUT2D eigenvalue weighted by molar-refractivity contribution is -0.168. The summed E-state index contributed by atoms with van der Waals surface area (Å²) in [5.74, 6) is 0.153. The highest BCUT2D eigenvalue weighted by atomic mass is 16.5. The van der Waals surface area contributed by atoms with Crippen LogP contribution in [0.25, 0.3) is 6.08 Å². The fourth-order valence-corrected chi connectivity index (χ4v) is 3.07. The largest absolute Gasteiger partial charge is 0.493 e. The molecule has 0 atom stereocenters. The fourth-order valence-electron chi connectivity index (χ4n) is 3.07. The zero-order chi connectivity index (χ0) is 17.2. The maximum atomic E-state index is 12.3. The minimum atomic E-state index is -1.48. The summed E-state index contributed by atoms with van der Waals surface area (Å²) in [6, 6.07) is 5.86. The van der Waals surface area contributed by atoms with Crippen LogP contribution in [0.1, 0.15) is 24.0 Å². The Hall–Kier alpha value is -2.34. The monoisotopic (exact) mass is 331 g/mol. The normalized spacial score (nSPS) is 19.0. The maximum Gasteiger partial charge on any atom is 0.337 e. The van der Waals surface area contributed by atoms with Crippen molar-refractivity contribution in [2.45, 2.75) is 24.9 Å². The molecular weight excluding hydrogens is 310 g/mol. The van der Waals surface area contributed by atoms with Crippen LogP contribution in [0.15, 0.2) is 24.3 Å². The Balaban J connectivity index is 1.59. The SMILES string of the molecule is COC(=O)C1(O)CCN(C(=O)C=Cc2ccc3c(c2)CCO3)CC1. The van der Waals surface area contributed by atoms with E-state index in [0.29, 0.717) is 19.7 Å². The third-order valence-electron chi connectivity index (χ3n) is 4.60. The highest BCUT2D eigenvalue weighted by Gasteiger charge is 2.41. The number of hydrogen-bond acceptors (Lipinski definition) is 5. The van der Waals surface area contributed by atoms with Gasteiger partial charge in [-0.3, -0.25) is 4.79 Å². The number of likely N-dealkylation sites (tertiary alicyclic amines) is 1. The Morgan fingerprint density at radius 1 is 1.33 bits per heavy atom. The second-order valence-electron chi connectivity index (χ2n) is 6.15. The van der Waals surface area contributed by atoms with E-state index in [4.69, 9.17) is 4.74 Å². The second-order valence-corrected chi connectivity index (χ2v) is 6.15. The Morgan fingerprint density at radius 2 is 2.08 bits per heavy atom. The van der Waals surface area contributed by atoms with Crippen LogP contribution in [0.3, 0.4) is 0 Å². The number of rotatable bonds is 3. The highest BCUT2D eigenvalue weighted by molar-refractivity contribution is 5.92. The molecule has 24 heavy (non-hydrogen) atoms. The molecule has 2 aliphatic heterocycles. The molecule has 6 heteroatoms. The molecule has 1 aromatic rings. The number of hydrogen-bond donors (Lipinski definition) is 1. The van der Waals surface area contributed by atoms with E-state index in [1.54, 1.807) is 11.0 Å². The Morgan fingerprint density at radius 3 is 2.79 bits per heavy atom. The van der Waals surface area contributed by atoms with Gasteiger partial charge < -0.3 is 19.5 Å². The quantitative estimate of drug-likeness (QED) is 0.664. The van der Waals surface area contributed by atoms with Crippen molar-refractivity contribution in [1.82, 2.24) is 4.90 Å².